The Bertz CT molecular complexity index is 475. The molecule has 0 bridgehead atoms. The predicted octanol–water partition coefficient (Wildman–Crippen LogP) is 3.21. The molecule has 1 atom stereocenters. The molecule has 84 valence electrons. The van der Waals surface area contributed by atoms with Gasteiger partial charge in [-0.2, -0.15) is 0 Å². The van der Waals surface area contributed by atoms with Gasteiger partial charge in [0, 0.05) is 18.0 Å². The number of aromatic nitrogens is 1. The van der Waals surface area contributed by atoms with Crippen LogP contribution in [0.25, 0.3) is 0 Å². The van der Waals surface area contributed by atoms with Crippen LogP contribution in [0.15, 0.2) is 29.8 Å². The lowest BCUT2D eigenvalue weighted by Gasteiger charge is -2.09. The smallest absolute Gasteiger partial charge is 0.141 e. The molecule has 2 nitrogen and oxygen atoms in total. The second-order valence-electron chi connectivity index (χ2n) is 3.32. The molecule has 0 aliphatic carbocycles. The molecule has 0 saturated heterocycles. The van der Waals surface area contributed by atoms with E-state index in [9.17, 15) is 9.50 Å². The van der Waals surface area contributed by atoms with Gasteiger partial charge in [0.1, 0.15) is 5.82 Å². The zero-order valence-corrected chi connectivity index (χ0v) is 9.80. The molecule has 0 radical (unpaired) electrons. The van der Waals surface area contributed by atoms with Crippen molar-refractivity contribution in [3.05, 3.63) is 51.2 Å². The van der Waals surface area contributed by atoms with E-state index in [1.807, 2.05) is 5.38 Å². The molecule has 0 fully saturated rings. The highest BCUT2D eigenvalue weighted by atomic mass is 35.5. The van der Waals surface area contributed by atoms with Crippen LogP contribution >= 0.6 is 22.9 Å². The van der Waals surface area contributed by atoms with Crippen LogP contribution in [0.4, 0.5) is 4.39 Å². The molecular weight excluding hydrogens is 249 g/mol. The van der Waals surface area contributed by atoms with E-state index >= 15 is 0 Å². The molecule has 1 unspecified atom stereocenters. The van der Waals surface area contributed by atoms with Crippen LogP contribution in [0.2, 0.25) is 5.02 Å². The third kappa shape index (κ3) is 2.58. The van der Waals surface area contributed by atoms with E-state index in [4.69, 9.17) is 11.6 Å². The lowest BCUT2D eigenvalue weighted by molar-refractivity contribution is 0.178. The Labute approximate surface area is 101 Å². The summed E-state index contributed by atoms with van der Waals surface area (Å²) in [5.74, 6) is -0.480. The first-order valence-corrected chi connectivity index (χ1v) is 5.94. The Balaban J connectivity index is 2.14. The Kier molecular flexibility index (Phi) is 3.53. The Morgan fingerprint density at radius 3 is 2.94 bits per heavy atom. The molecule has 0 aliphatic rings. The van der Waals surface area contributed by atoms with Crippen LogP contribution in [0.3, 0.4) is 0 Å². The van der Waals surface area contributed by atoms with Gasteiger partial charge in [-0.25, -0.2) is 9.37 Å². The lowest BCUT2D eigenvalue weighted by Crippen LogP contribution is -2.01. The molecule has 1 N–H and O–H groups in total. The third-order valence-corrected chi connectivity index (χ3v) is 3.27. The predicted molar refractivity (Wildman–Crippen MR) is 62.2 cm³/mol. The molecule has 16 heavy (non-hydrogen) atoms. The molecule has 0 spiro atoms. The Morgan fingerprint density at radius 1 is 1.50 bits per heavy atom. The first kappa shape index (κ1) is 11.5. The van der Waals surface area contributed by atoms with Crippen LogP contribution in [-0.2, 0) is 6.42 Å². The van der Waals surface area contributed by atoms with E-state index in [2.05, 4.69) is 4.98 Å². The highest BCUT2D eigenvalue weighted by molar-refractivity contribution is 7.09. The molecule has 0 amide bonds. The molecule has 0 aliphatic heterocycles. The molecular formula is C11H9ClFNOS. The van der Waals surface area contributed by atoms with Gasteiger partial charge in [0.2, 0.25) is 0 Å². The van der Waals surface area contributed by atoms with Gasteiger partial charge in [-0.1, -0.05) is 17.7 Å². The van der Waals surface area contributed by atoms with Crippen LogP contribution in [0.5, 0.6) is 0 Å². The van der Waals surface area contributed by atoms with Gasteiger partial charge in [-0.05, 0) is 17.7 Å². The zero-order valence-electron chi connectivity index (χ0n) is 8.23. The Morgan fingerprint density at radius 2 is 2.31 bits per heavy atom. The van der Waals surface area contributed by atoms with Gasteiger partial charge in [0.25, 0.3) is 0 Å². The fraction of sp³-hybridized carbons (Fsp3) is 0.182. The van der Waals surface area contributed by atoms with E-state index < -0.39 is 11.9 Å². The van der Waals surface area contributed by atoms with Crippen molar-refractivity contribution >= 4 is 22.9 Å². The number of benzene rings is 1. The number of thiazole rings is 1. The van der Waals surface area contributed by atoms with E-state index in [0.717, 1.165) is 5.01 Å². The number of rotatable bonds is 3. The molecule has 0 saturated carbocycles. The topological polar surface area (TPSA) is 33.1 Å². The summed E-state index contributed by atoms with van der Waals surface area (Å²) in [6, 6.07) is 4.22. The standard InChI is InChI=1S/C11H9ClFNOS/c12-8-5-7(1-2-9(8)13)10(15)6-11-14-3-4-16-11/h1-5,10,15H,6H2. The number of aliphatic hydroxyl groups is 1. The number of hydrogen-bond donors (Lipinski definition) is 1. The average molecular weight is 258 g/mol. The van der Waals surface area contributed by atoms with Crippen LogP contribution < -0.4 is 0 Å². The molecule has 1 heterocycles. The summed E-state index contributed by atoms with van der Waals surface area (Å²) in [6.07, 6.45) is 1.40. The highest BCUT2D eigenvalue weighted by Crippen LogP contribution is 2.23. The summed E-state index contributed by atoms with van der Waals surface area (Å²) in [7, 11) is 0. The highest BCUT2D eigenvalue weighted by Gasteiger charge is 2.12. The maximum absolute atomic E-state index is 12.9. The molecule has 1 aromatic heterocycles. The van der Waals surface area contributed by atoms with Crippen molar-refractivity contribution in [1.82, 2.24) is 4.98 Å². The molecule has 2 aromatic rings. The van der Waals surface area contributed by atoms with Gasteiger partial charge < -0.3 is 5.11 Å². The number of nitrogens with zero attached hydrogens (tertiary/aromatic N) is 1. The minimum absolute atomic E-state index is 0.0238. The maximum Gasteiger partial charge on any atom is 0.141 e. The van der Waals surface area contributed by atoms with Gasteiger partial charge in [-0.3, -0.25) is 0 Å². The maximum atomic E-state index is 12.9. The van der Waals surface area contributed by atoms with E-state index in [1.54, 1.807) is 6.20 Å². The quantitative estimate of drug-likeness (QED) is 0.916. The fourth-order valence-electron chi connectivity index (χ4n) is 1.36. The van der Waals surface area contributed by atoms with Crippen LogP contribution in [0.1, 0.15) is 16.7 Å². The van der Waals surface area contributed by atoms with Crippen LogP contribution in [0, 0.1) is 5.82 Å². The van der Waals surface area contributed by atoms with E-state index in [-0.39, 0.29) is 5.02 Å². The molecule has 5 heteroatoms. The monoisotopic (exact) mass is 257 g/mol. The summed E-state index contributed by atoms with van der Waals surface area (Å²) >= 11 is 7.12. The minimum Gasteiger partial charge on any atom is -0.388 e. The number of halogens is 2. The van der Waals surface area contributed by atoms with Crippen molar-refractivity contribution in [3.63, 3.8) is 0 Å². The lowest BCUT2D eigenvalue weighted by atomic mass is 10.1. The summed E-state index contributed by atoms with van der Waals surface area (Å²) in [5, 5.41) is 12.6. The first-order valence-electron chi connectivity index (χ1n) is 4.68. The van der Waals surface area contributed by atoms with E-state index in [0.29, 0.717) is 12.0 Å². The van der Waals surface area contributed by atoms with Crippen molar-refractivity contribution in [2.75, 3.05) is 0 Å². The van der Waals surface area contributed by atoms with Crippen molar-refractivity contribution in [3.8, 4) is 0 Å². The SMILES string of the molecule is OC(Cc1nccs1)c1ccc(F)c(Cl)c1. The summed E-state index contributed by atoms with van der Waals surface area (Å²) in [5.41, 5.74) is 0.599. The zero-order chi connectivity index (χ0) is 11.5. The summed E-state index contributed by atoms with van der Waals surface area (Å²) in [6.45, 7) is 0. The molecule has 2 rings (SSSR count). The second kappa shape index (κ2) is 4.91. The second-order valence-corrected chi connectivity index (χ2v) is 4.71. The van der Waals surface area contributed by atoms with Crippen molar-refractivity contribution in [2.24, 2.45) is 0 Å². The fourth-order valence-corrected chi connectivity index (χ4v) is 2.20. The minimum atomic E-state index is -0.704. The van der Waals surface area contributed by atoms with Gasteiger partial charge in [0.15, 0.2) is 0 Å². The number of aliphatic hydroxyl groups excluding tert-OH is 1. The Hall–Kier alpha value is -0.970. The van der Waals surface area contributed by atoms with Gasteiger partial charge >= 0.3 is 0 Å². The van der Waals surface area contributed by atoms with E-state index in [1.165, 1.54) is 29.5 Å². The van der Waals surface area contributed by atoms with Gasteiger partial charge in [-0.15, -0.1) is 11.3 Å². The summed E-state index contributed by atoms with van der Waals surface area (Å²) in [4.78, 5) is 4.07. The largest absolute Gasteiger partial charge is 0.388 e. The van der Waals surface area contributed by atoms with Crippen LogP contribution in [-0.4, -0.2) is 10.1 Å². The molecule has 1 aromatic carbocycles. The first-order chi connectivity index (χ1) is 7.66. The van der Waals surface area contributed by atoms with Gasteiger partial charge in [0.05, 0.1) is 16.1 Å². The summed E-state index contributed by atoms with van der Waals surface area (Å²) < 4.78 is 12.9. The number of hydrogen-bond acceptors (Lipinski definition) is 3. The third-order valence-electron chi connectivity index (χ3n) is 2.18. The normalized spacial score (nSPS) is 12.7. The average Bonchev–Trinajstić information content (AvgIpc) is 2.74. The van der Waals surface area contributed by atoms with Crippen molar-refractivity contribution in [2.45, 2.75) is 12.5 Å². The van der Waals surface area contributed by atoms with Crippen molar-refractivity contribution in [1.29, 1.82) is 0 Å². The van der Waals surface area contributed by atoms with Crippen molar-refractivity contribution < 1.29 is 9.50 Å².